The van der Waals surface area contributed by atoms with Crippen molar-refractivity contribution in [3.05, 3.63) is 0 Å². The number of fused-ring (bicyclic) bond motifs is 1. The maximum atomic E-state index is 15.4. The third-order valence-electron chi connectivity index (χ3n) is 22.5. The van der Waals surface area contributed by atoms with Crippen molar-refractivity contribution in [3.63, 3.8) is 0 Å². The SMILES string of the molecule is CC[C@H](C)[C@@H]1NC(=O)[C@H](CC2CC2)N(C)C(=O)C[C@@H](C(=O)N2CCCCC2)N(C)C(=O)[C@H](C(C)C)N(C)C(=O)C2(CCCC2)NC(=O)[C@@H]2CCCN2C(=O)[C@H](CCC2CCC(C(F)(F)F)C(Cl)C2)NC(=O)CN(C)C(=O)[C@H](CC2CCCCC2)N(C)C(=O)CN(C)C(=O)CN(C)C1=O. The van der Waals surface area contributed by atoms with E-state index in [2.05, 4.69) is 16.0 Å². The van der Waals surface area contributed by atoms with Crippen molar-refractivity contribution in [2.75, 3.05) is 88.6 Å². The van der Waals surface area contributed by atoms with Crippen molar-refractivity contribution in [2.24, 2.45) is 35.5 Å². The number of alkyl halides is 4. The first-order chi connectivity index (χ1) is 46.2. The molecule has 3 saturated heterocycles. The second kappa shape index (κ2) is 34.9. The summed E-state index contributed by atoms with van der Waals surface area (Å²) in [6.07, 6.45) is 6.07. The molecule has 0 aromatic rings. The number of amides is 12. The van der Waals surface area contributed by atoms with E-state index in [4.69, 9.17) is 11.6 Å². The Morgan fingerprint density at radius 3 is 1.76 bits per heavy atom. The predicted molar refractivity (Wildman–Crippen MR) is 361 cm³/mol. The molecule has 1 spiro atoms. The van der Waals surface area contributed by atoms with Crippen molar-refractivity contribution < 1.29 is 70.7 Å². The van der Waals surface area contributed by atoms with Crippen LogP contribution in [-0.2, 0) is 57.5 Å². The Bertz CT molecular complexity index is 2870. The number of nitrogens with one attached hydrogen (secondary N) is 3. The van der Waals surface area contributed by atoms with Gasteiger partial charge in [-0.2, -0.15) is 13.2 Å². The van der Waals surface area contributed by atoms with Crippen LogP contribution in [0, 0.1) is 35.5 Å². The molecule has 552 valence electrons. The fourth-order valence-corrected chi connectivity index (χ4v) is 16.3. The third kappa shape index (κ3) is 19.8. The Hall–Kier alpha value is -6.28. The predicted octanol–water partition coefficient (Wildman–Crippen LogP) is 5.31. The molecule has 7 rings (SSSR count). The summed E-state index contributed by atoms with van der Waals surface area (Å²) in [6, 6.07) is -8.52. The second-order valence-electron chi connectivity index (χ2n) is 30.1. The van der Waals surface area contributed by atoms with Crippen LogP contribution in [0.1, 0.15) is 188 Å². The minimum Gasteiger partial charge on any atom is -0.343 e. The maximum absolute atomic E-state index is 15.4. The fourth-order valence-electron chi connectivity index (χ4n) is 15.8. The van der Waals surface area contributed by atoms with Crippen LogP contribution in [0.25, 0.3) is 0 Å². The van der Waals surface area contributed by atoms with E-state index in [0.29, 0.717) is 51.6 Å². The van der Waals surface area contributed by atoms with Gasteiger partial charge in [-0.05, 0) is 119 Å². The lowest BCUT2D eigenvalue weighted by Gasteiger charge is -2.42. The zero-order chi connectivity index (χ0) is 72.2. The van der Waals surface area contributed by atoms with Gasteiger partial charge in [-0.15, -0.1) is 11.6 Å². The molecule has 24 nitrogen and oxygen atoms in total. The summed E-state index contributed by atoms with van der Waals surface area (Å²) in [6.45, 7) is 6.33. The Balaban J connectivity index is 1.25. The molecule has 11 atom stereocenters. The van der Waals surface area contributed by atoms with E-state index in [-0.39, 0.29) is 88.5 Å². The van der Waals surface area contributed by atoms with Crippen molar-refractivity contribution in [2.45, 2.75) is 248 Å². The van der Waals surface area contributed by atoms with Crippen molar-refractivity contribution in [1.29, 1.82) is 0 Å². The summed E-state index contributed by atoms with van der Waals surface area (Å²) in [4.78, 5) is 190. The van der Waals surface area contributed by atoms with E-state index in [9.17, 15) is 51.5 Å². The molecule has 28 heteroatoms. The molecule has 4 saturated carbocycles. The molecule has 3 N–H and O–H groups in total. The van der Waals surface area contributed by atoms with Gasteiger partial charge < -0.3 is 60.0 Å². The zero-order valence-corrected chi connectivity index (χ0v) is 60.7. The smallest absolute Gasteiger partial charge is 0.343 e. The Morgan fingerprint density at radius 2 is 1.15 bits per heavy atom. The normalized spacial score (nSPS) is 30.1. The second-order valence-corrected chi connectivity index (χ2v) is 30.7. The van der Waals surface area contributed by atoms with Crippen LogP contribution in [0.3, 0.4) is 0 Å². The van der Waals surface area contributed by atoms with Gasteiger partial charge in [-0.1, -0.05) is 91.9 Å². The number of piperidine rings is 1. The highest BCUT2D eigenvalue weighted by molar-refractivity contribution is 6.21. The van der Waals surface area contributed by atoms with Gasteiger partial charge in [0.2, 0.25) is 70.9 Å². The molecule has 7 fully saturated rings. The third-order valence-corrected chi connectivity index (χ3v) is 23.0. The van der Waals surface area contributed by atoms with Gasteiger partial charge in [0.05, 0.1) is 32.0 Å². The largest absolute Gasteiger partial charge is 0.393 e. The number of rotatable bonds is 11. The van der Waals surface area contributed by atoms with E-state index in [1.165, 1.54) is 78.7 Å². The molecule has 0 aromatic heterocycles. The first kappa shape index (κ1) is 79.1. The average Bonchev–Trinajstić information content (AvgIpc) is 1.50. The van der Waals surface area contributed by atoms with E-state index in [1.54, 1.807) is 25.7 Å². The molecule has 3 aliphatic heterocycles. The summed E-state index contributed by atoms with van der Waals surface area (Å²) in [5, 5.41) is 7.58. The van der Waals surface area contributed by atoms with Crippen LogP contribution in [0.15, 0.2) is 0 Å². The topological polar surface area (TPSA) is 270 Å². The summed E-state index contributed by atoms with van der Waals surface area (Å²) < 4.78 is 41.9. The van der Waals surface area contributed by atoms with Gasteiger partial charge in [0.25, 0.3) is 0 Å². The van der Waals surface area contributed by atoms with Crippen LogP contribution in [0.5, 0.6) is 0 Å². The first-order valence-corrected chi connectivity index (χ1v) is 36.6. The first-order valence-electron chi connectivity index (χ1n) is 36.2. The molecule has 0 aromatic carbocycles. The number of carbonyl (C=O) groups is 12. The van der Waals surface area contributed by atoms with E-state index in [0.717, 1.165) is 61.2 Å². The molecular formula is C70H112ClF3N12O12. The van der Waals surface area contributed by atoms with Gasteiger partial charge in [0, 0.05) is 74.3 Å². The van der Waals surface area contributed by atoms with E-state index >= 15 is 19.2 Å². The molecular weight excluding hydrogens is 1290 g/mol. The molecule has 98 heavy (non-hydrogen) atoms. The van der Waals surface area contributed by atoms with E-state index in [1.807, 2.05) is 6.92 Å². The highest BCUT2D eigenvalue weighted by Gasteiger charge is 2.52. The lowest BCUT2D eigenvalue weighted by molar-refractivity contribution is -0.182. The molecule has 4 aliphatic carbocycles. The highest BCUT2D eigenvalue weighted by atomic mass is 35.5. The fraction of sp³-hybridized carbons (Fsp3) is 0.829. The van der Waals surface area contributed by atoms with E-state index < -0.39 is 174 Å². The van der Waals surface area contributed by atoms with Crippen molar-refractivity contribution in [1.82, 2.24) is 60.0 Å². The Morgan fingerprint density at radius 1 is 0.571 bits per heavy atom. The van der Waals surface area contributed by atoms with Gasteiger partial charge in [0.15, 0.2) is 0 Å². The molecule has 0 bridgehead atoms. The lowest BCUT2D eigenvalue weighted by Crippen LogP contribution is -2.65. The quantitative estimate of drug-likeness (QED) is 0.222. The van der Waals surface area contributed by atoms with Crippen LogP contribution >= 0.6 is 11.6 Å². The zero-order valence-electron chi connectivity index (χ0n) is 59.9. The lowest BCUT2D eigenvalue weighted by atomic mass is 9.78. The maximum Gasteiger partial charge on any atom is 0.393 e. The number of hydrogen-bond donors (Lipinski definition) is 3. The Kier molecular flexibility index (Phi) is 28.1. The van der Waals surface area contributed by atoms with Crippen molar-refractivity contribution >= 4 is 82.5 Å². The Labute approximate surface area is 582 Å². The highest BCUT2D eigenvalue weighted by Crippen LogP contribution is 2.44. The van der Waals surface area contributed by atoms with Crippen LogP contribution < -0.4 is 16.0 Å². The van der Waals surface area contributed by atoms with Crippen molar-refractivity contribution in [3.8, 4) is 0 Å². The standard InChI is InChI=1S/C70H112ClF3N12O12/c1-12-44(4)59-66(96)80(7)41-57(89)78(5)42-58(90)82(9)53(38-45-22-15-13-16-23-45)64(94)79(6)40-55(87)75-50(30-28-46-27-29-48(49(71)36-46)70(72,73)74)63(93)86-35-21-24-51(86)62(92)77-69(31-17-18-32-69)68(98)84(11)60(43(2)3)67(97)83(10)54(65(95)85-33-19-14-20-34-85)39-56(88)81(8)52(61(91)76-59)37-47-25-26-47/h43-54,59-60H,12-42H2,1-11H3,(H,75,87)(H,76,91)(H,77,92)/t44-,46?,48?,49?,50-,51-,52-,53-,54-,59-,60-/m0/s1. The molecule has 3 unspecified atom stereocenters. The summed E-state index contributed by atoms with van der Waals surface area (Å²) in [5.74, 6) is -10.5. The monoisotopic (exact) mass is 1400 g/mol. The van der Waals surface area contributed by atoms with Crippen LogP contribution in [-0.4, -0.2) is 263 Å². The number of carbonyl (C=O) groups excluding carboxylic acids is 12. The number of nitrogens with zero attached hydrogens (tertiary/aromatic N) is 9. The average molecular weight is 1410 g/mol. The molecule has 3 heterocycles. The van der Waals surface area contributed by atoms with Crippen LogP contribution in [0.4, 0.5) is 13.2 Å². The molecule has 7 aliphatic rings. The van der Waals surface area contributed by atoms with Crippen LogP contribution in [0.2, 0.25) is 0 Å². The van der Waals surface area contributed by atoms with Gasteiger partial charge in [-0.25, -0.2) is 0 Å². The molecule has 12 amide bonds. The summed E-state index contributed by atoms with van der Waals surface area (Å²) in [5.41, 5.74) is -1.56. The number of likely N-dealkylation sites (tertiary alicyclic amines) is 1. The van der Waals surface area contributed by atoms with Gasteiger partial charge in [-0.3, -0.25) is 57.5 Å². The number of hydrogen-bond acceptors (Lipinski definition) is 12. The van der Waals surface area contributed by atoms with Gasteiger partial charge in [0.1, 0.15) is 47.8 Å². The number of halogens is 4. The van der Waals surface area contributed by atoms with Gasteiger partial charge >= 0.3 is 6.18 Å². The summed E-state index contributed by atoms with van der Waals surface area (Å²) in [7, 11) is 9.99. The molecule has 0 radical (unpaired) electrons. The summed E-state index contributed by atoms with van der Waals surface area (Å²) >= 11 is 6.39. The minimum absolute atomic E-state index is 0.000943. The minimum atomic E-state index is -4.51. The number of likely N-dealkylation sites (N-methyl/N-ethyl adjacent to an activating group) is 7.